The lowest BCUT2D eigenvalue weighted by atomic mass is 10.1. The minimum absolute atomic E-state index is 0. The summed E-state index contributed by atoms with van der Waals surface area (Å²) in [6.45, 7) is 0.783. The summed E-state index contributed by atoms with van der Waals surface area (Å²) >= 11 is 0. The van der Waals surface area contributed by atoms with Crippen LogP contribution in [0, 0.1) is 0 Å². The van der Waals surface area contributed by atoms with Crippen LogP contribution in [0.4, 0.5) is 29.1 Å². The van der Waals surface area contributed by atoms with Crippen molar-refractivity contribution < 1.29 is 8.42 Å². The minimum atomic E-state index is -3.81. The summed E-state index contributed by atoms with van der Waals surface area (Å²) in [5.74, 6) is 1.79. The molecule has 0 aliphatic carbocycles. The van der Waals surface area contributed by atoms with E-state index in [4.69, 9.17) is 10.1 Å². The SMILES string of the molecule is CN(c1ccc2c(c1)nc(NCCc1ccccc1)n2C)c1ccnc(Nc2cccc(S(N)(=O)=O)c2)n1.Cl. The Kier molecular flexibility index (Phi) is 8.34. The lowest BCUT2D eigenvalue weighted by Gasteiger charge is -2.19. The highest BCUT2D eigenvalue weighted by Crippen LogP contribution is 2.28. The topological polar surface area (TPSA) is 131 Å². The van der Waals surface area contributed by atoms with E-state index in [1.807, 2.05) is 60.0 Å². The zero-order chi connectivity index (χ0) is 26.7. The van der Waals surface area contributed by atoms with Crippen LogP contribution in [0.25, 0.3) is 11.0 Å². The third-order valence-corrected chi connectivity index (χ3v) is 7.11. The van der Waals surface area contributed by atoms with Gasteiger partial charge in [-0.2, -0.15) is 4.98 Å². The fourth-order valence-corrected chi connectivity index (χ4v) is 4.69. The Morgan fingerprint density at radius 1 is 0.974 bits per heavy atom. The summed E-state index contributed by atoms with van der Waals surface area (Å²) < 4.78 is 25.4. The van der Waals surface area contributed by atoms with Crippen LogP contribution in [-0.4, -0.2) is 41.5 Å². The van der Waals surface area contributed by atoms with E-state index in [0.29, 0.717) is 17.5 Å². The van der Waals surface area contributed by atoms with Crippen molar-refractivity contribution in [2.45, 2.75) is 11.3 Å². The molecule has 4 N–H and O–H groups in total. The van der Waals surface area contributed by atoms with Gasteiger partial charge in [0.2, 0.25) is 21.9 Å². The second-order valence-corrected chi connectivity index (χ2v) is 10.4. The molecule has 39 heavy (non-hydrogen) atoms. The smallest absolute Gasteiger partial charge is 0.238 e. The Bertz CT molecular complexity index is 1690. The van der Waals surface area contributed by atoms with Crippen LogP contribution in [0.1, 0.15) is 5.56 Å². The number of primary sulfonamides is 1. The molecule has 202 valence electrons. The maximum atomic E-state index is 11.7. The first-order chi connectivity index (χ1) is 18.3. The molecule has 0 aliphatic rings. The number of nitrogens with zero attached hydrogens (tertiary/aromatic N) is 5. The third kappa shape index (κ3) is 6.45. The molecule has 0 unspecified atom stereocenters. The monoisotopic (exact) mass is 564 g/mol. The summed E-state index contributed by atoms with van der Waals surface area (Å²) in [5.41, 5.74) is 4.58. The fourth-order valence-electron chi connectivity index (χ4n) is 4.13. The predicted molar refractivity (Wildman–Crippen MR) is 158 cm³/mol. The van der Waals surface area contributed by atoms with Crippen molar-refractivity contribution in [3.8, 4) is 0 Å². The molecule has 5 rings (SSSR count). The fraction of sp³-hybridized carbons (Fsp3) is 0.148. The molecule has 2 heterocycles. The highest BCUT2D eigenvalue weighted by molar-refractivity contribution is 7.89. The molecule has 0 aliphatic heterocycles. The van der Waals surface area contributed by atoms with Gasteiger partial charge in [0.1, 0.15) is 5.82 Å². The number of halogens is 1. The molecular weight excluding hydrogens is 536 g/mol. The van der Waals surface area contributed by atoms with Crippen LogP contribution in [0.3, 0.4) is 0 Å². The predicted octanol–water partition coefficient (Wildman–Crippen LogP) is 4.60. The largest absolute Gasteiger partial charge is 0.355 e. The molecule has 0 amide bonds. The molecule has 0 fully saturated rings. The number of fused-ring (bicyclic) bond motifs is 1. The summed E-state index contributed by atoms with van der Waals surface area (Å²) in [4.78, 5) is 15.6. The van der Waals surface area contributed by atoms with Gasteiger partial charge in [0.05, 0.1) is 15.9 Å². The summed E-state index contributed by atoms with van der Waals surface area (Å²) in [6, 6.07) is 24.4. The molecule has 0 radical (unpaired) electrons. The Morgan fingerprint density at radius 3 is 2.54 bits per heavy atom. The highest BCUT2D eigenvalue weighted by Gasteiger charge is 2.13. The average molecular weight is 565 g/mol. The molecule has 5 aromatic rings. The van der Waals surface area contributed by atoms with E-state index in [1.54, 1.807) is 24.4 Å². The van der Waals surface area contributed by atoms with Gasteiger partial charge in [0.25, 0.3) is 0 Å². The van der Waals surface area contributed by atoms with E-state index in [9.17, 15) is 8.42 Å². The second kappa shape index (κ2) is 11.7. The van der Waals surface area contributed by atoms with Crippen molar-refractivity contribution in [1.82, 2.24) is 19.5 Å². The van der Waals surface area contributed by atoms with Crippen LogP contribution < -0.4 is 20.7 Å². The van der Waals surface area contributed by atoms with Crippen LogP contribution in [0.15, 0.2) is 90.0 Å². The standard InChI is InChI=1S/C27H28N8O2S.ClH/c1-34(25-14-16-29-26(33-25)31-20-9-6-10-22(17-20)38(28,36)37)21-11-12-24-23(18-21)32-27(35(24)2)30-15-13-19-7-4-3-5-8-19;/h3-12,14,16-18H,13,15H2,1-2H3,(H,30,32)(H2,28,36,37)(H,29,31,33);1H. The van der Waals surface area contributed by atoms with Crippen LogP contribution in [0.2, 0.25) is 0 Å². The third-order valence-electron chi connectivity index (χ3n) is 6.19. The Morgan fingerprint density at radius 2 is 1.77 bits per heavy atom. The number of nitrogens with two attached hydrogens (primary N) is 1. The zero-order valence-electron chi connectivity index (χ0n) is 21.4. The lowest BCUT2D eigenvalue weighted by Crippen LogP contribution is -2.13. The number of hydrogen-bond donors (Lipinski definition) is 3. The minimum Gasteiger partial charge on any atom is -0.355 e. The molecule has 10 nitrogen and oxygen atoms in total. The van der Waals surface area contributed by atoms with Gasteiger partial charge in [0, 0.05) is 38.2 Å². The Labute approximate surface area is 233 Å². The molecular formula is C27H29ClN8O2S. The van der Waals surface area contributed by atoms with Gasteiger partial charge in [0.15, 0.2) is 0 Å². The van der Waals surface area contributed by atoms with Crippen LogP contribution >= 0.6 is 12.4 Å². The van der Waals surface area contributed by atoms with E-state index in [-0.39, 0.29) is 17.3 Å². The van der Waals surface area contributed by atoms with Crippen molar-refractivity contribution in [1.29, 1.82) is 0 Å². The van der Waals surface area contributed by atoms with E-state index >= 15 is 0 Å². The molecule has 0 atom stereocenters. The number of sulfonamides is 1. The maximum absolute atomic E-state index is 11.7. The molecule has 0 spiro atoms. The van der Waals surface area contributed by atoms with Crippen molar-refractivity contribution in [3.63, 3.8) is 0 Å². The van der Waals surface area contributed by atoms with Gasteiger partial charge in [-0.05, 0) is 54.4 Å². The van der Waals surface area contributed by atoms with Gasteiger partial charge >= 0.3 is 0 Å². The van der Waals surface area contributed by atoms with Crippen molar-refractivity contribution in [2.24, 2.45) is 12.2 Å². The number of hydrogen-bond acceptors (Lipinski definition) is 8. The normalized spacial score (nSPS) is 11.2. The number of benzene rings is 3. The number of nitrogens with one attached hydrogen (secondary N) is 2. The van der Waals surface area contributed by atoms with E-state index < -0.39 is 10.0 Å². The molecule has 0 saturated heterocycles. The summed E-state index contributed by atoms with van der Waals surface area (Å²) in [5, 5.41) is 11.7. The Balaban J connectivity index is 0.00000353. The van der Waals surface area contributed by atoms with E-state index in [2.05, 4.69) is 32.7 Å². The summed E-state index contributed by atoms with van der Waals surface area (Å²) in [6.07, 6.45) is 2.55. The molecule has 0 bridgehead atoms. The number of aryl methyl sites for hydroxylation is 1. The second-order valence-electron chi connectivity index (χ2n) is 8.83. The number of imidazole rings is 1. The van der Waals surface area contributed by atoms with Crippen LogP contribution in [0.5, 0.6) is 0 Å². The van der Waals surface area contributed by atoms with Gasteiger partial charge in [-0.3, -0.25) is 0 Å². The van der Waals surface area contributed by atoms with E-state index in [0.717, 1.165) is 35.6 Å². The molecule has 3 aromatic carbocycles. The summed E-state index contributed by atoms with van der Waals surface area (Å²) in [7, 11) is 0.0964. The lowest BCUT2D eigenvalue weighted by molar-refractivity contribution is 0.598. The number of anilines is 5. The maximum Gasteiger partial charge on any atom is 0.238 e. The van der Waals surface area contributed by atoms with Gasteiger partial charge in [-0.15, -0.1) is 12.4 Å². The van der Waals surface area contributed by atoms with Crippen molar-refractivity contribution in [3.05, 3.63) is 90.6 Å². The van der Waals surface area contributed by atoms with Crippen molar-refractivity contribution >= 4 is 62.6 Å². The first kappa shape index (κ1) is 27.8. The van der Waals surface area contributed by atoms with Gasteiger partial charge in [-0.25, -0.2) is 23.5 Å². The van der Waals surface area contributed by atoms with Crippen molar-refractivity contribution in [2.75, 3.05) is 29.1 Å². The first-order valence-electron chi connectivity index (χ1n) is 12.0. The average Bonchev–Trinajstić information content (AvgIpc) is 3.23. The first-order valence-corrected chi connectivity index (χ1v) is 13.5. The molecule has 12 heteroatoms. The quantitative estimate of drug-likeness (QED) is 0.237. The van der Waals surface area contributed by atoms with Gasteiger partial charge in [-0.1, -0.05) is 36.4 Å². The molecule has 2 aromatic heterocycles. The van der Waals surface area contributed by atoms with Gasteiger partial charge < -0.3 is 20.1 Å². The van der Waals surface area contributed by atoms with E-state index in [1.165, 1.54) is 17.7 Å². The number of rotatable bonds is 9. The zero-order valence-corrected chi connectivity index (χ0v) is 23.1. The molecule has 0 saturated carbocycles. The number of aromatic nitrogens is 4. The Hall–Kier alpha value is -4.19. The van der Waals surface area contributed by atoms with Crippen LogP contribution in [-0.2, 0) is 23.5 Å². The highest BCUT2D eigenvalue weighted by atomic mass is 35.5.